The van der Waals surface area contributed by atoms with Crippen molar-refractivity contribution >= 4 is 18.3 Å². The second-order valence-corrected chi connectivity index (χ2v) is 5.50. The number of rotatable bonds is 2. The topological polar surface area (TPSA) is 41.6 Å². The molecule has 0 radical (unpaired) electrons. The van der Waals surface area contributed by atoms with Crippen LogP contribution in [0.3, 0.4) is 0 Å². The molecule has 0 bridgehead atoms. The third-order valence-corrected chi connectivity index (χ3v) is 4.48. The van der Waals surface area contributed by atoms with Crippen molar-refractivity contribution < 1.29 is 9.53 Å². The predicted octanol–water partition coefficient (Wildman–Crippen LogP) is 1.19. The predicted molar refractivity (Wildman–Crippen MR) is 71.9 cm³/mol. The van der Waals surface area contributed by atoms with E-state index in [1.165, 1.54) is 32.1 Å². The summed E-state index contributed by atoms with van der Waals surface area (Å²) in [4.78, 5) is 14.5. The number of likely N-dealkylation sites (tertiary alicyclic amines) is 1. The number of nitrogens with zero attached hydrogens (tertiary/aromatic N) is 1. The summed E-state index contributed by atoms with van der Waals surface area (Å²) in [5.41, 5.74) is 0. The summed E-state index contributed by atoms with van der Waals surface area (Å²) >= 11 is 0. The number of amides is 1. The van der Waals surface area contributed by atoms with E-state index in [1.54, 1.807) is 0 Å². The van der Waals surface area contributed by atoms with Gasteiger partial charge in [0.25, 0.3) is 5.91 Å². The van der Waals surface area contributed by atoms with E-state index in [4.69, 9.17) is 4.74 Å². The van der Waals surface area contributed by atoms with Gasteiger partial charge in [-0.05, 0) is 31.6 Å². The molecule has 2 saturated heterocycles. The van der Waals surface area contributed by atoms with Gasteiger partial charge in [0, 0.05) is 25.7 Å². The van der Waals surface area contributed by atoms with Gasteiger partial charge in [0.2, 0.25) is 0 Å². The van der Waals surface area contributed by atoms with E-state index in [0.29, 0.717) is 19.2 Å². The van der Waals surface area contributed by atoms with Crippen LogP contribution >= 0.6 is 12.4 Å². The highest BCUT2D eigenvalue weighted by molar-refractivity contribution is 5.85. The Morgan fingerprint density at radius 3 is 2.67 bits per heavy atom. The Morgan fingerprint density at radius 2 is 2.06 bits per heavy atom. The van der Waals surface area contributed by atoms with Gasteiger partial charge in [-0.1, -0.05) is 6.42 Å². The van der Waals surface area contributed by atoms with Gasteiger partial charge in [-0.15, -0.1) is 12.4 Å². The molecule has 2 aliphatic heterocycles. The van der Waals surface area contributed by atoms with Gasteiger partial charge in [0.05, 0.1) is 6.61 Å². The molecule has 3 fully saturated rings. The Kier molecular flexibility index (Phi) is 4.87. The van der Waals surface area contributed by atoms with Crippen LogP contribution in [0.5, 0.6) is 0 Å². The lowest BCUT2D eigenvalue weighted by Gasteiger charge is -2.38. The average Bonchev–Trinajstić information content (AvgIpc) is 2.76. The number of morpholine rings is 1. The summed E-state index contributed by atoms with van der Waals surface area (Å²) in [6.45, 7) is 3.17. The van der Waals surface area contributed by atoms with Gasteiger partial charge in [-0.25, -0.2) is 0 Å². The minimum Gasteiger partial charge on any atom is -0.366 e. The zero-order valence-corrected chi connectivity index (χ0v) is 11.6. The maximum Gasteiger partial charge on any atom is 0.253 e. The van der Waals surface area contributed by atoms with E-state index in [-0.39, 0.29) is 24.4 Å². The SMILES string of the molecule is Cl.O=C(C1CNCCO1)N1CCCC1C1CCC1. The minimum absolute atomic E-state index is 0. The number of carbonyl (C=O) groups is 1. The third kappa shape index (κ3) is 2.65. The van der Waals surface area contributed by atoms with Crippen LogP contribution in [0.2, 0.25) is 0 Å². The standard InChI is InChI=1S/C13H22N2O2.ClH/c16-13(12-9-14-6-8-17-12)15-7-2-5-11(15)10-3-1-4-10;/h10-12,14H,1-9H2;1H. The van der Waals surface area contributed by atoms with Gasteiger partial charge in [-0.3, -0.25) is 4.79 Å². The second-order valence-electron chi connectivity index (χ2n) is 5.50. The summed E-state index contributed by atoms with van der Waals surface area (Å²) in [5.74, 6) is 1.00. The molecule has 1 aliphatic carbocycles. The van der Waals surface area contributed by atoms with Crippen molar-refractivity contribution in [2.45, 2.75) is 44.2 Å². The van der Waals surface area contributed by atoms with Crippen molar-refractivity contribution in [1.82, 2.24) is 10.2 Å². The first-order chi connectivity index (χ1) is 8.36. The van der Waals surface area contributed by atoms with Gasteiger partial charge in [-0.2, -0.15) is 0 Å². The van der Waals surface area contributed by atoms with E-state index in [2.05, 4.69) is 10.2 Å². The summed E-state index contributed by atoms with van der Waals surface area (Å²) in [5, 5.41) is 3.24. The van der Waals surface area contributed by atoms with Gasteiger partial charge < -0.3 is 15.0 Å². The first-order valence-electron chi connectivity index (χ1n) is 6.99. The van der Waals surface area contributed by atoms with E-state index >= 15 is 0 Å². The zero-order chi connectivity index (χ0) is 11.7. The number of nitrogens with one attached hydrogen (secondary N) is 1. The highest BCUT2D eigenvalue weighted by atomic mass is 35.5. The molecule has 5 heteroatoms. The van der Waals surface area contributed by atoms with Crippen molar-refractivity contribution in [1.29, 1.82) is 0 Å². The molecule has 3 rings (SSSR count). The molecule has 0 aromatic carbocycles. The first-order valence-corrected chi connectivity index (χ1v) is 6.99. The molecule has 1 N–H and O–H groups in total. The highest BCUT2D eigenvalue weighted by Gasteiger charge is 2.39. The number of ether oxygens (including phenoxy) is 1. The molecule has 0 aromatic heterocycles. The monoisotopic (exact) mass is 274 g/mol. The van der Waals surface area contributed by atoms with Gasteiger partial charge in [0.15, 0.2) is 0 Å². The van der Waals surface area contributed by atoms with Crippen LogP contribution in [0.15, 0.2) is 0 Å². The number of hydrogen-bond acceptors (Lipinski definition) is 3. The van der Waals surface area contributed by atoms with Gasteiger partial charge >= 0.3 is 0 Å². The lowest BCUT2D eigenvalue weighted by atomic mass is 9.78. The van der Waals surface area contributed by atoms with Crippen molar-refractivity contribution in [3.63, 3.8) is 0 Å². The fraction of sp³-hybridized carbons (Fsp3) is 0.923. The van der Waals surface area contributed by atoms with E-state index in [0.717, 1.165) is 19.0 Å². The largest absolute Gasteiger partial charge is 0.366 e. The van der Waals surface area contributed by atoms with Crippen molar-refractivity contribution in [2.75, 3.05) is 26.2 Å². The Bertz CT molecular complexity index is 291. The van der Waals surface area contributed by atoms with Crippen LogP contribution in [0, 0.1) is 5.92 Å². The second kappa shape index (κ2) is 6.22. The summed E-state index contributed by atoms with van der Waals surface area (Å²) in [6, 6.07) is 0.516. The quantitative estimate of drug-likeness (QED) is 0.822. The molecule has 4 nitrogen and oxygen atoms in total. The lowest BCUT2D eigenvalue weighted by molar-refractivity contribution is -0.147. The number of hydrogen-bond donors (Lipinski definition) is 1. The van der Waals surface area contributed by atoms with Crippen LogP contribution in [-0.2, 0) is 9.53 Å². The van der Waals surface area contributed by atoms with Crippen LogP contribution in [0.25, 0.3) is 0 Å². The lowest BCUT2D eigenvalue weighted by Crippen LogP contribution is -2.52. The fourth-order valence-electron chi connectivity index (χ4n) is 3.29. The Balaban J connectivity index is 0.00000120. The molecule has 1 amide bonds. The molecule has 2 atom stereocenters. The summed E-state index contributed by atoms with van der Waals surface area (Å²) < 4.78 is 5.58. The van der Waals surface area contributed by atoms with E-state index in [9.17, 15) is 4.79 Å². The Hall–Kier alpha value is -0.320. The Morgan fingerprint density at radius 1 is 1.22 bits per heavy atom. The maximum atomic E-state index is 12.4. The van der Waals surface area contributed by atoms with Crippen molar-refractivity contribution in [3.05, 3.63) is 0 Å². The molecule has 2 unspecified atom stereocenters. The Labute approximate surface area is 115 Å². The van der Waals surface area contributed by atoms with Crippen LogP contribution < -0.4 is 5.32 Å². The molecular formula is C13H23ClN2O2. The van der Waals surface area contributed by atoms with Crippen molar-refractivity contribution in [3.8, 4) is 0 Å². The van der Waals surface area contributed by atoms with E-state index < -0.39 is 0 Å². The molecule has 0 spiro atoms. The summed E-state index contributed by atoms with van der Waals surface area (Å²) in [7, 11) is 0. The highest BCUT2D eigenvalue weighted by Crippen LogP contribution is 2.37. The first kappa shape index (κ1) is 14.1. The number of carbonyl (C=O) groups excluding carboxylic acids is 1. The minimum atomic E-state index is -0.232. The average molecular weight is 275 g/mol. The number of halogens is 1. The molecule has 18 heavy (non-hydrogen) atoms. The van der Waals surface area contributed by atoms with Crippen LogP contribution in [0.1, 0.15) is 32.1 Å². The van der Waals surface area contributed by atoms with Crippen molar-refractivity contribution in [2.24, 2.45) is 5.92 Å². The molecule has 3 aliphatic rings. The normalized spacial score (nSPS) is 32.8. The summed E-state index contributed by atoms with van der Waals surface area (Å²) in [6.07, 6.45) is 6.13. The van der Waals surface area contributed by atoms with Crippen LogP contribution in [0.4, 0.5) is 0 Å². The van der Waals surface area contributed by atoms with Gasteiger partial charge in [0.1, 0.15) is 6.10 Å². The molecule has 104 valence electrons. The molecular weight excluding hydrogens is 252 g/mol. The fourth-order valence-corrected chi connectivity index (χ4v) is 3.29. The molecule has 0 aromatic rings. The molecule has 2 heterocycles. The maximum absolute atomic E-state index is 12.4. The molecule has 1 saturated carbocycles. The smallest absolute Gasteiger partial charge is 0.253 e. The van der Waals surface area contributed by atoms with Crippen LogP contribution in [-0.4, -0.2) is 49.2 Å². The zero-order valence-electron chi connectivity index (χ0n) is 10.8. The third-order valence-electron chi connectivity index (χ3n) is 4.48. The van der Waals surface area contributed by atoms with E-state index in [1.807, 2.05) is 0 Å².